The number of thiophene rings is 1. The molecule has 0 bridgehead atoms. The average Bonchev–Trinajstić information content (AvgIpc) is 2.72. The summed E-state index contributed by atoms with van der Waals surface area (Å²) < 4.78 is 14.3. The van der Waals surface area contributed by atoms with Crippen LogP contribution in [0.25, 0.3) is 0 Å². The highest BCUT2D eigenvalue weighted by Crippen LogP contribution is 2.24. The van der Waals surface area contributed by atoms with Crippen LogP contribution in [0.4, 0.5) is 10.1 Å². The average molecular weight is 314 g/mol. The van der Waals surface area contributed by atoms with Crippen LogP contribution in [0.5, 0.6) is 0 Å². The molecule has 0 N–H and O–H groups in total. The van der Waals surface area contributed by atoms with Gasteiger partial charge in [0.25, 0.3) is 0 Å². The fourth-order valence-electron chi connectivity index (χ4n) is 1.68. The molecule has 1 nitrogen and oxygen atoms in total. The zero-order valence-electron chi connectivity index (χ0n) is 9.49. The molecule has 1 heterocycles. The van der Waals surface area contributed by atoms with E-state index in [4.69, 9.17) is 0 Å². The van der Waals surface area contributed by atoms with Gasteiger partial charge in [-0.2, -0.15) is 0 Å². The molecule has 0 amide bonds. The SMILES string of the molecule is CCN(Cc1cc(Br)cs1)c1cccc(F)c1. The second-order valence-electron chi connectivity index (χ2n) is 3.73. The number of benzene rings is 1. The van der Waals surface area contributed by atoms with Gasteiger partial charge in [0.1, 0.15) is 5.82 Å². The maximum atomic E-state index is 13.2. The largest absolute Gasteiger partial charge is 0.367 e. The Labute approximate surface area is 113 Å². The van der Waals surface area contributed by atoms with E-state index >= 15 is 0 Å². The molecule has 90 valence electrons. The summed E-state index contributed by atoms with van der Waals surface area (Å²) in [5, 5.41) is 2.06. The van der Waals surface area contributed by atoms with Crippen LogP contribution in [0.15, 0.2) is 40.2 Å². The summed E-state index contributed by atoms with van der Waals surface area (Å²) in [4.78, 5) is 3.42. The lowest BCUT2D eigenvalue weighted by molar-refractivity contribution is 0.626. The van der Waals surface area contributed by atoms with Crippen molar-refractivity contribution < 1.29 is 4.39 Å². The summed E-state index contributed by atoms with van der Waals surface area (Å²) in [5.41, 5.74) is 0.928. The van der Waals surface area contributed by atoms with E-state index in [1.54, 1.807) is 23.5 Å². The van der Waals surface area contributed by atoms with Gasteiger partial charge < -0.3 is 4.90 Å². The smallest absolute Gasteiger partial charge is 0.125 e. The van der Waals surface area contributed by atoms with Gasteiger partial charge in [-0.1, -0.05) is 6.07 Å². The Bertz CT molecular complexity index is 498. The van der Waals surface area contributed by atoms with Gasteiger partial charge in [-0.05, 0) is 47.1 Å². The van der Waals surface area contributed by atoms with Gasteiger partial charge in [0, 0.05) is 27.0 Å². The van der Waals surface area contributed by atoms with E-state index in [0.717, 1.165) is 23.2 Å². The number of hydrogen-bond donors (Lipinski definition) is 0. The van der Waals surface area contributed by atoms with Crippen LogP contribution in [-0.2, 0) is 6.54 Å². The first-order chi connectivity index (χ1) is 8.19. The van der Waals surface area contributed by atoms with Crippen LogP contribution in [0.2, 0.25) is 0 Å². The molecule has 0 fully saturated rings. The molecule has 0 saturated carbocycles. The van der Waals surface area contributed by atoms with Crippen LogP contribution in [0, 0.1) is 5.82 Å². The molecule has 2 aromatic rings. The van der Waals surface area contributed by atoms with Crippen LogP contribution < -0.4 is 4.90 Å². The Morgan fingerprint density at radius 2 is 2.18 bits per heavy atom. The molecule has 1 aromatic heterocycles. The first-order valence-electron chi connectivity index (χ1n) is 5.42. The summed E-state index contributed by atoms with van der Waals surface area (Å²) in [7, 11) is 0. The highest BCUT2D eigenvalue weighted by Gasteiger charge is 2.07. The molecular weight excluding hydrogens is 301 g/mol. The minimum Gasteiger partial charge on any atom is -0.367 e. The number of hydrogen-bond acceptors (Lipinski definition) is 2. The molecule has 0 saturated heterocycles. The molecule has 17 heavy (non-hydrogen) atoms. The van der Waals surface area contributed by atoms with E-state index in [0.29, 0.717) is 0 Å². The van der Waals surface area contributed by atoms with Crippen molar-refractivity contribution in [3.63, 3.8) is 0 Å². The van der Waals surface area contributed by atoms with E-state index in [2.05, 4.69) is 39.2 Å². The summed E-state index contributed by atoms with van der Waals surface area (Å²) in [6.45, 7) is 3.75. The molecule has 0 atom stereocenters. The van der Waals surface area contributed by atoms with Crippen molar-refractivity contribution in [2.24, 2.45) is 0 Å². The van der Waals surface area contributed by atoms with Crippen molar-refractivity contribution in [3.8, 4) is 0 Å². The van der Waals surface area contributed by atoms with Crippen molar-refractivity contribution >= 4 is 33.0 Å². The van der Waals surface area contributed by atoms with Crippen molar-refractivity contribution in [1.82, 2.24) is 0 Å². The normalized spacial score (nSPS) is 10.5. The predicted molar refractivity (Wildman–Crippen MR) is 75.1 cm³/mol. The maximum absolute atomic E-state index is 13.2. The minimum absolute atomic E-state index is 0.187. The fraction of sp³-hybridized carbons (Fsp3) is 0.231. The lowest BCUT2D eigenvalue weighted by Crippen LogP contribution is -2.21. The Hall–Kier alpha value is -0.870. The van der Waals surface area contributed by atoms with Crippen molar-refractivity contribution in [2.45, 2.75) is 13.5 Å². The van der Waals surface area contributed by atoms with Crippen LogP contribution in [-0.4, -0.2) is 6.54 Å². The maximum Gasteiger partial charge on any atom is 0.125 e. The van der Waals surface area contributed by atoms with Gasteiger partial charge in [0.05, 0.1) is 6.54 Å². The van der Waals surface area contributed by atoms with E-state index < -0.39 is 0 Å². The Kier molecular flexibility index (Phi) is 4.18. The highest BCUT2D eigenvalue weighted by atomic mass is 79.9. The Morgan fingerprint density at radius 1 is 1.35 bits per heavy atom. The van der Waals surface area contributed by atoms with Crippen LogP contribution in [0.1, 0.15) is 11.8 Å². The van der Waals surface area contributed by atoms with Crippen molar-refractivity contribution in [1.29, 1.82) is 0 Å². The van der Waals surface area contributed by atoms with Crippen molar-refractivity contribution in [3.05, 3.63) is 50.9 Å². The topological polar surface area (TPSA) is 3.24 Å². The summed E-state index contributed by atoms with van der Waals surface area (Å²) >= 11 is 5.15. The zero-order chi connectivity index (χ0) is 12.3. The Balaban J connectivity index is 2.16. The van der Waals surface area contributed by atoms with Gasteiger partial charge in [-0.3, -0.25) is 0 Å². The predicted octanol–water partition coefficient (Wildman–Crippen LogP) is 4.68. The molecule has 0 unspecified atom stereocenters. The standard InChI is InChI=1S/C13H13BrFNS/c1-2-16(8-13-6-10(14)9-17-13)12-5-3-4-11(15)7-12/h3-7,9H,2,8H2,1H3. The van der Waals surface area contributed by atoms with Gasteiger partial charge in [-0.25, -0.2) is 4.39 Å². The van der Waals surface area contributed by atoms with E-state index in [1.807, 2.05) is 6.07 Å². The Morgan fingerprint density at radius 3 is 2.76 bits per heavy atom. The quantitative estimate of drug-likeness (QED) is 0.792. The first-order valence-corrected chi connectivity index (χ1v) is 7.09. The van der Waals surface area contributed by atoms with Gasteiger partial charge >= 0.3 is 0 Å². The second-order valence-corrected chi connectivity index (χ2v) is 5.64. The third-order valence-electron chi connectivity index (χ3n) is 2.52. The minimum atomic E-state index is -0.187. The zero-order valence-corrected chi connectivity index (χ0v) is 11.9. The number of nitrogens with zero attached hydrogens (tertiary/aromatic N) is 1. The number of halogens is 2. The van der Waals surface area contributed by atoms with E-state index in [9.17, 15) is 4.39 Å². The number of anilines is 1. The monoisotopic (exact) mass is 313 g/mol. The van der Waals surface area contributed by atoms with E-state index in [1.165, 1.54) is 10.9 Å². The van der Waals surface area contributed by atoms with E-state index in [-0.39, 0.29) is 5.82 Å². The van der Waals surface area contributed by atoms with Crippen LogP contribution >= 0.6 is 27.3 Å². The lowest BCUT2D eigenvalue weighted by Gasteiger charge is -2.22. The molecule has 0 aliphatic heterocycles. The molecule has 4 heteroatoms. The second kappa shape index (κ2) is 5.65. The molecule has 0 aliphatic rings. The third kappa shape index (κ3) is 3.30. The van der Waals surface area contributed by atoms with Crippen molar-refractivity contribution in [2.75, 3.05) is 11.4 Å². The molecule has 0 spiro atoms. The molecule has 2 rings (SSSR count). The molecule has 0 aliphatic carbocycles. The summed E-state index contributed by atoms with van der Waals surface area (Å²) in [6, 6.07) is 8.84. The van der Waals surface area contributed by atoms with Crippen LogP contribution in [0.3, 0.4) is 0 Å². The molecule has 1 aromatic carbocycles. The highest BCUT2D eigenvalue weighted by molar-refractivity contribution is 9.10. The molecule has 0 radical (unpaired) electrons. The lowest BCUT2D eigenvalue weighted by atomic mass is 10.2. The molecular formula is C13H13BrFNS. The first kappa shape index (κ1) is 12.6. The summed E-state index contributed by atoms with van der Waals surface area (Å²) in [5.74, 6) is -0.187. The van der Waals surface area contributed by atoms with Gasteiger partial charge in [0.15, 0.2) is 0 Å². The van der Waals surface area contributed by atoms with Gasteiger partial charge in [0.2, 0.25) is 0 Å². The summed E-state index contributed by atoms with van der Waals surface area (Å²) in [6.07, 6.45) is 0. The third-order valence-corrected chi connectivity index (χ3v) is 4.21. The van der Waals surface area contributed by atoms with Gasteiger partial charge in [-0.15, -0.1) is 11.3 Å². The fourth-order valence-corrected chi connectivity index (χ4v) is 3.15. The number of rotatable bonds is 4.